The van der Waals surface area contributed by atoms with Crippen LogP contribution in [0.1, 0.15) is 0 Å². The van der Waals surface area contributed by atoms with Crippen LogP contribution < -0.4 is 11.1 Å². The number of hydrogen-bond donors (Lipinski definition) is 4. The highest BCUT2D eigenvalue weighted by atomic mass is 32.1. The Kier molecular flexibility index (Phi) is 5.89. The molecule has 0 spiro atoms. The van der Waals surface area contributed by atoms with E-state index in [0.717, 1.165) is 0 Å². The molecule has 0 aliphatic rings. The van der Waals surface area contributed by atoms with Crippen LogP contribution in [0, 0.1) is 0 Å². The van der Waals surface area contributed by atoms with Crippen molar-refractivity contribution in [1.29, 1.82) is 0 Å². The Morgan fingerprint density at radius 3 is 2.38 bits per heavy atom. The first-order chi connectivity index (χ1) is 6.08. The number of aliphatic hydroxyl groups is 1. The lowest BCUT2D eigenvalue weighted by Crippen LogP contribution is -2.48. The highest BCUT2D eigenvalue weighted by Gasteiger charge is 2.26. The van der Waals surface area contributed by atoms with Crippen LogP contribution in [0.2, 0.25) is 0 Å². The maximum atomic E-state index is 11.2. The Bertz CT molecular complexity index is 194. The summed E-state index contributed by atoms with van der Waals surface area (Å²) in [6, 6.07) is -1.75. The normalized spacial score (nSPS) is 15.1. The van der Waals surface area contributed by atoms with Crippen LogP contribution in [0.4, 0.5) is 0 Å². The van der Waals surface area contributed by atoms with Crippen LogP contribution in [0.15, 0.2) is 0 Å². The molecule has 0 aliphatic heterocycles. The minimum absolute atomic E-state index is 0.117. The number of ketones is 2. The first-order valence-corrected chi connectivity index (χ1v) is 4.44. The zero-order valence-corrected chi connectivity index (χ0v) is 8.25. The summed E-state index contributed by atoms with van der Waals surface area (Å²) in [5.74, 6) is -1.29. The fourth-order valence-corrected chi connectivity index (χ4v) is 0.908. The molecule has 0 aliphatic carbocycles. The van der Waals surface area contributed by atoms with E-state index in [0.29, 0.717) is 0 Å². The van der Waals surface area contributed by atoms with E-state index in [4.69, 9.17) is 10.8 Å². The van der Waals surface area contributed by atoms with Crippen LogP contribution in [0.25, 0.3) is 0 Å². The Labute approximate surface area is 82.1 Å². The van der Waals surface area contributed by atoms with Gasteiger partial charge in [0.15, 0.2) is 0 Å². The second-order valence-corrected chi connectivity index (χ2v) is 2.91. The maximum Gasteiger partial charge on any atom is 0.219 e. The molecule has 0 rings (SSSR count). The van der Waals surface area contributed by atoms with Crippen LogP contribution in [0.3, 0.4) is 0 Å². The van der Waals surface area contributed by atoms with Crippen molar-refractivity contribution >= 4 is 24.2 Å². The van der Waals surface area contributed by atoms with Crippen LogP contribution in [0.5, 0.6) is 0 Å². The van der Waals surface area contributed by atoms with Gasteiger partial charge in [-0.1, -0.05) is 0 Å². The molecular weight excluding hydrogens is 192 g/mol. The van der Waals surface area contributed by atoms with Crippen molar-refractivity contribution in [3.8, 4) is 0 Å². The third-order valence-electron chi connectivity index (χ3n) is 1.62. The number of nitrogens with one attached hydrogen (secondary N) is 1. The Morgan fingerprint density at radius 1 is 1.54 bits per heavy atom. The first-order valence-electron chi connectivity index (χ1n) is 3.81. The standard InChI is InChI=1S/C7H14N2O3S/c1-9-5(2-10)7(12)6(11)4(8)3-13/h4-5,9-10,13H,2-3,8H2,1H3/t4-,5-/m0/s1. The smallest absolute Gasteiger partial charge is 0.219 e. The number of rotatable bonds is 6. The molecule has 0 aromatic rings. The molecule has 0 saturated heterocycles. The zero-order chi connectivity index (χ0) is 10.4. The lowest BCUT2D eigenvalue weighted by molar-refractivity contribution is -0.138. The molecule has 0 fully saturated rings. The average molecular weight is 206 g/mol. The fourth-order valence-electron chi connectivity index (χ4n) is 0.743. The molecular formula is C7H14N2O3S. The highest BCUT2D eigenvalue weighted by Crippen LogP contribution is 1.93. The number of carbonyl (C=O) groups excluding carboxylic acids is 2. The molecule has 0 bridgehead atoms. The van der Waals surface area contributed by atoms with Crippen molar-refractivity contribution in [2.45, 2.75) is 12.1 Å². The van der Waals surface area contributed by atoms with Gasteiger partial charge in [0.2, 0.25) is 11.6 Å². The number of carbonyl (C=O) groups is 2. The van der Waals surface area contributed by atoms with Crippen molar-refractivity contribution in [1.82, 2.24) is 5.32 Å². The van der Waals surface area contributed by atoms with Crippen LogP contribution in [-0.2, 0) is 9.59 Å². The molecule has 0 unspecified atom stereocenters. The predicted octanol–water partition coefficient (Wildman–Crippen LogP) is -2.04. The summed E-state index contributed by atoms with van der Waals surface area (Å²) in [6.45, 7) is -0.416. The molecule has 0 aromatic carbocycles. The van der Waals surface area contributed by atoms with Gasteiger partial charge in [0.25, 0.3) is 0 Å². The third kappa shape index (κ3) is 3.43. The van der Waals surface area contributed by atoms with Crippen LogP contribution in [-0.4, -0.2) is 48.2 Å². The number of hydrogen-bond acceptors (Lipinski definition) is 6. The van der Waals surface area contributed by atoms with E-state index >= 15 is 0 Å². The lowest BCUT2D eigenvalue weighted by atomic mass is 10.1. The van der Waals surface area contributed by atoms with E-state index in [1.807, 2.05) is 0 Å². The second-order valence-electron chi connectivity index (χ2n) is 2.54. The minimum Gasteiger partial charge on any atom is -0.394 e. The zero-order valence-electron chi connectivity index (χ0n) is 7.36. The summed E-state index contributed by atoms with van der Waals surface area (Å²) >= 11 is 3.80. The van der Waals surface area contributed by atoms with E-state index in [-0.39, 0.29) is 5.75 Å². The predicted molar refractivity (Wildman–Crippen MR) is 51.8 cm³/mol. The van der Waals surface area contributed by atoms with Crippen LogP contribution >= 0.6 is 12.6 Å². The van der Waals surface area contributed by atoms with E-state index in [2.05, 4.69) is 17.9 Å². The van der Waals surface area contributed by atoms with Gasteiger partial charge >= 0.3 is 0 Å². The first kappa shape index (κ1) is 12.6. The quantitative estimate of drug-likeness (QED) is 0.297. The lowest BCUT2D eigenvalue weighted by Gasteiger charge is -2.12. The molecule has 5 nitrogen and oxygen atoms in total. The molecule has 0 amide bonds. The third-order valence-corrected chi connectivity index (χ3v) is 2.02. The monoisotopic (exact) mass is 206 g/mol. The Balaban J connectivity index is 4.32. The summed E-state index contributed by atoms with van der Waals surface area (Å²) in [6.07, 6.45) is 0. The molecule has 0 radical (unpaired) electrons. The Morgan fingerprint density at radius 2 is 2.08 bits per heavy atom. The summed E-state index contributed by atoms with van der Waals surface area (Å²) < 4.78 is 0. The van der Waals surface area contributed by atoms with Gasteiger partial charge < -0.3 is 16.2 Å². The van der Waals surface area contributed by atoms with Crippen molar-refractivity contribution in [3.63, 3.8) is 0 Å². The van der Waals surface area contributed by atoms with Crippen molar-refractivity contribution < 1.29 is 14.7 Å². The summed E-state index contributed by atoms with van der Waals surface area (Å²) in [5, 5.41) is 11.2. The average Bonchev–Trinajstić information content (AvgIpc) is 2.17. The van der Waals surface area contributed by atoms with E-state index in [1.165, 1.54) is 7.05 Å². The summed E-state index contributed by atoms with van der Waals surface area (Å²) in [7, 11) is 1.48. The number of Topliss-reactive ketones (excluding diaryl/α,β-unsaturated/α-hetero) is 2. The van der Waals surface area contributed by atoms with Gasteiger partial charge in [0.05, 0.1) is 18.7 Å². The number of nitrogens with two attached hydrogens (primary N) is 1. The van der Waals surface area contributed by atoms with Gasteiger partial charge in [-0.3, -0.25) is 9.59 Å². The number of likely N-dealkylation sites (N-methyl/N-ethyl adjacent to an activating group) is 1. The van der Waals surface area contributed by atoms with Gasteiger partial charge in [-0.25, -0.2) is 0 Å². The minimum atomic E-state index is -0.891. The van der Waals surface area contributed by atoms with E-state index < -0.39 is 30.3 Å². The summed E-state index contributed by atoms with van der Waals surface area (Å²) in [4.78, 5) is 22.4. The topological polar surface area (TPSA) is 92.4 Å². The SMILES string of the molecule is CN[C@@H](CO)C(=O)C(=O)[C@@H](N)CS. The van der Waals surface area contributed by atoms with Gasteiger partial charge in [-0.2, -0.15) is 12.6 Å². The highest BCUT2D eigenvalue weighted by molar-refractivity contribution is 7.80. The molecule has 2 atom stereocenters. The second kappa shape index (κ2) is 6.09. The molecule has 0 heterocycles. The maximum absolute atomic E-state index is 11.2. The Hall–Kier alpha value is -0.430. The van der Waals surface area contributed by atoms with Crippen molar-refractivity contribution in [2.24, 2.45) is 5.73 Å². The van der Waals surface area contributed by atoms with Gasteiger partial charge in [-0.15, -0.1) is 0 Å². The number of aliphatic hydroxyl groups excluding tert-OH is 1. The molecule has 0 saturated carbocycles. The van der Waals surface area contributed by atoms with Crippen molar-refractivity contribution in [3.05, 3.63) is 0 Å². The van der Waals surface area contributed by atoms with E-state index in [1.54, 1.807) is 0 Å². The molecule has 0 aromatic heterocycles. The number of thiol groups is 1. The molecule has 4 N–H and O–H groups in total. The fraction of sp³-hybridized carbons (Fsp3) is 0.714. The molecule has 76 valence electrons. The summed E-state index contributed by atoms with van der Waals surface area (Å²) in [5.41, 5.74) is 5.31. The van der Waals surface area contributed by atoms with Gasteiger partial charge in [-0.05, 0) is 7.05 Å². The van der Waals surface area contributed by atoms with Crippen molar-refractivity contribution in [2.75, 3.05) is 19.4 Å². The van der Waals surface area contributed by atoms with Gasteiger partial charge in [0, 0.05) is 5.75 Å². The molecule has 13 heavy (non-hydrogen) atoms. The largest absolute Gasteiger partial charge is 0.394 e. The molecule has 6 heteroatoms. The van der Waals surface area contributed by atoms with E-state index in [9.17, 15) is 9.59 Å². The van der Waals surface area contributed by atoms with Gasteiger partial charge in [0.1, 0.15) is 0 Å².